The first-order valence-electron chi connectivity index (χ1n) is 9.12. The molecule has 6 heteroatoms. The third-order valence-corrected chi connectivity index (χ3v) is 5.59. The average Bonchev–Trinajstić information content (AvgIpc) is 3.28. The Labute approximate surface area is 147 Å². The lowest BCUT2D eigenvalue weighted by Gasteiger charge is -2.41. The molecule has 2 atom stereocenters. The lowest BCUT2D eigenvalue weighted by atomic mass is 9.99. The molecular formula is C19H23N5O. The number of aromatic nitrogens is 4. The third-order valence-electron chi connectivity index (χ3n) is 5.59. The van der Waals surface area contributed by atoms with E-state index in [0.717, 1.165) is 38.3 Å². The highest BCUT2D eigenvalue weighted by Crippen LogP contribution is 2.31. The number of nitrogens with zero attached hydrogens (tertiary/aromatic N) is 5. The molecule has 0 amide bonds. The van der Waals surface area contributed by atoms with Crippen molar-refractivity contribution < 1.29 is 4.74 Å². The van der Waals surface area contributed by atoms with Gasteiger partial charge in [0.15, 0.2) is 0 Å². The molecule has 2 aliphatic heterocycles. The summed E-state index contributed by atoms with van der Waals surface area (Å²) in [5.74, 6) is 0. The Morgan fingerprint density at radius 1 is 1.28 bits per heavy atom. The number of aryl methyl sites for hydroxylation is 1. The van der Waals surface area contributed by atoms with Gasteiger partial charge in [0.05, 0.1) is 30.6 Å². The summed E-state index contributed by atoms with van der Waals surface area (Å²) >= 11 is 0. The molecule has 0 radical (unpaired) electrons. The lowest BCUT2D eigenvalue weighted by molar-refractivity contribution is -0.0669. The van der Waals surface area contributed by atoms with Gasteiger partial charge in [0.2, 0.25) is 0 Å². The van der Waals surface area contributed by atoms with Crippen molar-refractivity contribution in [3.63, 3.8) is 0 Å². The maximum atomic E-state index is 6.01. The van der Waals surface area contributed by atoms with Crippen LogP contribution in [0.1, 0.15) is 30.6 Å². The van der Waals surface area contributed by atoms with Crippen LogP contribution in [0.2, 0.25) is 0 Å². The van der Waals surface area contributed by atoms with Crippen LogP contribution in [-0.4, -0.2) is 43.7 Å². The Morgan fingerprint density at radius 2 is 2.24 bits per heavy atom. The summed E-state index contributed by atoms with van der Waals surface area (Å²) in [4.78, 5) is 2.51. The predicted octanol–water partition coefficient (Wildman–Crippen LogP) is 2.60. The first-order chi connectivity index (χ1) is 12.3. The van der Waals surface area contributed by atoms with Gasteiger partial charge in [0, 0.05) is 37.9 Å². The molecule has 3 aromatic rings. The van der Waals surface area contributed by atoms with E-state index in [-0.39, 0.29) is 12.1 Å². The number of likely N-dealkylation sites (tertiary alicyclic amines) is 1. The standard InChI is InChI=1S/C19H23N5O/c1-2-23-8-5-15-9-14(3-4-17(15)23)11-22-7-6-19-18(12-22)24-16(13-25-19)10-20-21-24/h3-5,8-10,18-19H,2,6-7,11-13H2,1H3/t18-,19+/m1/s1. The Hall–Kier alpha value is -2.18. The Balaban J connectivity index is 1.35. The second kappa shape index (κ2) is 5.97. The van der Waals surface area contributed by atoms with Gasteiger partial charge in [-0.3, -0.25) is 4.90 Å². The zero-order valence-electron chi connectivity index (χ0n) is 14.5. The van der Waals surface area contributed by atoms with E-state index in [1.807, 2.05) is 6.20 Å². The molecule has 1 aromatic carbocycles. The first-order valence-corrected chi connectivity index (χ1v) is 9.12. The zero-order valence-corrected chi connectivity index (χ0v) is 14.5. The van der Waals surface area contributed by atoms with Crippen LogP contribution in [0.5, 0.6) is 0 Å². The molecule has 25 heavy (non-hydrogen) atoms. The van der Waals surface area contributed by atoms with Crippen molar-refractivity contribution in [3.05, 3.63) is 47.9 Å². The van der Waals surface area contributed by atoms with Crippen molar-refractivity contribution >= 4 is 10.9 Å². The van der Waals surface area contributed by atoms with Crippen molar-refractivity contribution in [1.29, 1.82) is 0 Å². The number of rotatable bonds is 3. The second-order valence-corrected chi connectivity index (χ2v) is 7.11. The van der Waals surface area contributed by atoms with Gasteiger partial charge in [-0.15, -0.1) is 5.10 Å². The second-order valence-electron chi connectivity index (χ2n) is 7.11. The smallest absolute Gasteiger partial charge is 0.0930 e. The lowest BCUT2D eigenvalue weighted by Crippen LogP contribution is -2.47. The molecule has 2 aliphatic rings. The van der Waals surface area contributed by atoms with Crippen LogP contribution < -0.4 is 0 Å². The number of piperidine rings is 1. The Kier molecular flexibility index (Phi) is 3.60. The van der Waals surface area contributed by atoms with Crippen LogP contribution in [0.25, 0.3) is 10.9 Å². The van der Waals surface area contributed by atoms with Crippen LogP contribution in [-0.2, 0) is 24.4 Å². The van der Waals surface area contributed by atoms with Crippen LogP contribution in [0.3, 0.4) is 0 Å². The van der Waals surface area contributed by atoms with Gasteiger partial charge in [0.25, 0.3) is 0 Å². The van der Waals surface area contributed by atoms with Gasteiger partial charge in [-0.05, 0) is 42.5 Å². The predicted molar refractivity (Wildman–Crippen MR) is 95.1 cm³/mol. The molecule has 130 valence electrons. The summed E-state index contributed by atoms with van der Waals surface area (Å²) in [7, 11) is 0. The fourth-order valence-electron chi connectivity index (χ4n) is 4.27. The monoisotopic (exact) mass is 337 g/mol. The van der Waals surface area contributed by atoms with Crippen molar-refractivity contribution in [2.45, 2.75) is 45.2 Å². The van der Waals surface area contributed by atoms with E-state index in [4.69, 9.17) is 4.74 Å². The molecule has 5 rings (SSSR count). The van der Waals surface area contributed by atoms with E-state index in [1.54, 1.807) is 0 Å². The SMILES string of the molecule is CCn1ccc2cc(CN3CC[C@@H]4OCc5cnnn5[C@@H]4C3)ccc21. The summed E-state index contributed by atoms with van der Waals surface area (Å²) in [5, 5.41) is 9.68. The van der Waals surface area contributed by atoms with Gasteiger partial charge in [0.1, 0.15) is 0 Å². The fourth-order valence-corrected chi connectivity index (χ4v) is 4.27. The molecule has 6 nitrogen and oxygen atoms in total. The molecule has 2 aromatic heterocycles. The van der Waals surface area contributed by atoms with Crippen LogP contribution >= 0.6 is 0 Å². The molecule has 0 unspecified atom stereocenters. The van der Waals surface area contributed by atoms with Crippen molar-refractivity contribution in [3.8, 4) is 0 Å². The van der Waals surface area contributed by atoms with Crippen LogP contribution in [0.15, 0.2) is 36.7 Å². The fraction of sp³-hybridized carbons (Fsp3) is 0.474. The normalized spacial score (nSPS) is 23.6. The highest BCUT2D eigenvalue weighted by Gasteiger charge is 2.36. The van der Waals surface area contributed by atoms with Gasteiger partial charge >= 0.3 is 0 Å². The number of ether oxygens (including phenoxy) is 1. The molecule has 4 heterocycles. The van der Waals surface area contributed by atoms with E-state index in [9.17, 15) is 0 Å². The topological polar surface area (TPSA) is 48.1 Å². The minimum atomic E-state index is 0.270. The maximum Gasteiger partial charge on any atom is 0.0930 e. The van der Waals surface area contributed by atoms with Crippen molar-refractivity contribution in [2.24, 2.45) is 0 Å². The first kappa shape index (κ1) is 15.1. The Bertz CT molecular complexity index is 898. The molecule has 1 fully saturated rings. The van der Waals surface area contributed by atoms with Crippen molar-refractivity contribution in [1.82, 2.24) is 24.5 Å². The van der Waals surface area contributed by atoms with Gasteiger partial charge < -0.3 is 9.30 Å². The number of benzene rings is 1. The quantitative estimate of drug-likeness (QED) is 0.737. The van der Waals surface area contributed by atoms with Gasteiger partial charge in [-0.2, -0.15) is 0 Å². The maximum absolute atomic E-state index is 6.01. The minimum Gasteiger partial charge on any atom is -0.370 e. The minimum absolute atomic E-state index is 0.270. The molecule has 0 saturated carbocycles. The number of hydrogen-bond acceptors (Lipinski definition) is 4. The van der Waals surface area contributed by atoms with Gasteiger partial charge in [-0.25, -0.2) is 4.68 Å². The summed E-state index contributed by atoms with van der Waals surface area (Å²) in [6.07, 6.45) is 5.32. The average molecular weight is 337 g/mol. The highest BCUT2D eigenvalue weighted by molar-refractivity contribution is 5.80. The molecule has 0 aliphatic carbocycles. The van der Waals surface area contributed by atoms with E-state index < -0.39 is 0 Å². The number of fused-ring (bicyclic) bond motifs is 4. The van der Waals surface area contributed by atoms with E-state index in [0.29, 0.717) is 6.61 Å². The van der Waals surface area contributed by atoms with E-state index >= 15 is 0 Å². The third kappa shape index (κ3) is 2.56. The van der Waals surface area contributed by atoms with E-state index in [2.05, 4.69) is 61.8 Å². The summed E-state index contributed by atoms with van der Waals surface area (Å²) < 4.78 is 10.4. The van der Waals surface area contributed by atoms with Crippen LogP contribution in [0, 0.1) is 0 Å². The van der Waals surface area contributed by atoms with Gasteiger partial charge in [-0.1, -0.05) is 11.3 Å². The Morgan fingerprint density at radius 3 is 3.16 bits per heavy atom. The molecule has 1 saturated heterocycles. The van der Waals surface area contributed by atoms with Crippen molar-refractivity contribution in [2.75, 3.05) is 13.1 Å². The molecular weight excluding hydrogens is 314 g/mol. The summed E-state index contributed by atoms with van der Waals surface area (Å²) in [5.41, 5.74) is 3.78. The molecule has 0 spiro atoms. The summed E-state index contributed by atoms with van der Waals surface area (Å²) in [6.45, 7) is 6.84. The largest absolute Gasteiger partial charge is 0.370 e. The van der Waals surface area contributed by atoms with Crippen LogP contribution in [0.4, 0.5) is 0 Å². The number of hydrogen-bond donors (Lipinski definition) is 0. The highest BCUT2D eigenvalue weighted by atomic mass is 16.5. The van der Waals surface area contributed by atoms with E-state index in [1.165, 1.54) is 16.5 Å². The molecule has 0 bridgehead atoms. The zero-order chi connectivity index (χ0) is 16.8. The molecule has 0 N–H and O–H groups in total. The summed E-state index contributed by atoms with van der Waals surface area (Å²) in [6, 6.07) is 9.33.